The minimum absolute atomic E-state index is 0.0306. The van der Waals surface area contributed by atoms with Crippen molar-refractivity contribution in [2.24, 2.45) is 5.92 Å². The molecule has 2 N–H and O–H groups in total. The summed E-state index contributed by atoms with van der Waals surface area (Å²) in [6, 6.07) is 9.51. The van der Waals surface area contributed by atoms with E-state index < -0.39 is 0 Å². The molecular weight excluding hydrogens is 379 g/mol. The molecule has 0 bridgehead atoms. The van der Waals surface area contributed by atoms with Gasteiger partial charge >= 0.3 is 0 Å². The zero-order chi connectivity index (χ0) is 19.3. The molecule has 0 radical (unpaired) electrons. The Morgan fingerprint density at radius 3 is 2.93 bits per heavy atom. The second kappa shape index (κ2) is 6.56. The fraction of sp³-hybridized carbons (Fsp3) is 0.200. The number of methoxy groups -OCH3 is 1. The maximum Gasteiger partial charge on any atom is 0.228 e. The highest BCUT2D eigenvalue weighted by molar-refractivity contribution is 7.92. The maximum atomic E-state index is 13.6. The van der Waals surface area contributed by atoms with Gasteiger partial charge in [-0.05, 0) is 43.2 Å². The third-order valence-corrected chi connectivity index (χ3v) is 5.48. The van der Waals surface area contributed by atoms with Crippen LogP contribution in [0.4, 0.5) is 9.70 Å². The number of amides is 1. The first-order valence-corrected chi connectivity index (χ1v) is 9.63. The number of nitrogens with one attached hydrogen (secondary N) is 2. The van der Waals surface area contributed by atoms with Gasteiger partial charge in [0.15, 0.2) is 18.0 Å². The topological polar surface area (TPSA) is 71.9 Å². The van der Waals surface area contributed by atoms with Crippen molar-refractivity contribution in [3.05, 3.63) is 42.7 Å². The van der Waals surface area contributed by atoms with Crippen molar-refractivity contribution in [3.8, 4) is 16.9 Å². The molecule has 1 fully saturated rings. The van der Waals surface area contributed by atoms with Crippen LogP contribution in [0.1, 0.15) is 12.8 Å². The van der Waals surface area contributed by atoms with Crippen molar-refractivity contribution >= 4 is 46.0 Å². The van der Waals surface area contributed by atoms with Gasteiger partial charge in [0.1, 0.15) is 11.6 Å². The Bertz CT molecular complexity index is 1210. The molecule has 6 nitrogen and oxygen atoms in total. The van der Waals surface area contributed by atoms with E-state index in [4.69, 9.17) is 4.74 Å². The van der Waals surface area contributed by atoms with Crippen LogP contribution in [0.15, 0.2) is 42.7 Å². The van der Waals surface area contributed by atoms with Gasteiger partial charge in [-0.3, -0.25) is 4.79 Å². The molecule has 4 aromatic rings. The molecule has 5 rings (SSSR count). The molecule has 0 spiro atoms. The number of ether oxygens (including phenoxy) is 1. The highest BCUT2D eigenvalue weighted by Gasteiger charge is 2.30. The minimum atomic E-state index is -0.0306. The number of rotatable bonds is 5. The molecule has 0 atom stereocenters. The predicted octanol–water partition coefficient (Wildman–Crippen LogP) is 4.92. The Hall–Kier alpha value is -3.00. The Morgan fingerprint density at radius 2 is 2.18 bits per heavy atom. The van der Waals surface area contributed by atoms with E-state index in [1.165, 1.54) is 3.97 Å². The number of carbonyl (C=O) groups is 1. The first kappa shape index (κ1) is 17.1. The fourth-order valence-electron chi connectivity index (χ4n) is 3.44. The molecule has 0 unspecified atom stereocenters. The van der Waals surface area contributed by atoms with Crippen LogP contribution in [0.25, 0.3) is 33.1 Å². The fourth-order valence-corrected chi connectivity index (χ4v) is 3.79. The number of aromatic nitrogens is 3. The van der Waals surface area contributed by atoms with Gasteiger partial charge in [0.25, 0.3) is 0 Å². The molecule has 3 heterocycles. The standard InChI is InChI=1S/C20H17FN4O2S/c1-27-17-8-12-6-7-22-16(12)9-14(17)15-10-25(28-21)19-13(15)4-5-18(23-19)24-20(26)11-2-3-11/h4-11,22H,2-3H2,1H3,(H,23,24,26). The molecule has 1 aromatic carbocycles. The first-order valence-electron chi connectivity index (χ1n) is 8.95. The van der Waals surface area contributed by atoms with Gasteiger partial charge in [-0.25, -0.2) is 8.96 Å². The lowest BCUT2D eigenvalue weighted by Gasteiger charge is -2.08. The number of hydrogen-bond acceptors (Lipinski definition) is 4. The van der Waals surface area contributed by atoms with Crippen LogP contribution in [0, 0.1) is 5.92 Å². The van der Waals surface area contributed by atoms with E-state index in [1.54, 1.807) is 19.4 Å². The number of hydrogen-bond donors (Lipinski definition) is 2. The van der Waals surface area contributed by atoms with Gasteiger partial charge in [-0.2, -0.15) is 0 Å². The van der Waals surface area contributed by atoms with Crippen LogP contribution in [0.2, 0.25) is 0 Å². The number of carbonyl (C=O) groups excluding carboxylic acids is 1. The van der Waals surface area contributed by atoms with Gasteiger partial charge in [-0.15, -0.1) is 3.89 Å². The van der Waals surface area contributed by atoms with Crippen LogP contribution in [-0.2, 0) is 4.79 Å². The Morgan fingerprint density at radius 1 is 1.32 bits per heavy atom. The van der Waals surface area contributed by atoms with Gasteiger partial charge in [-0.1, -0.05) is 0 Å². The lowest BCUT2D eigenvalue weighted by Crippen LogP contribution is -2.14. The van der Waals surface area contributed by atoms with Gasteiger partial charge < -0.3 is 15.0 Å². The summed E-state index contributed by atoms with van der Waals surface area (Å²) in [4.78, 5) is 19.7. The average molecular weight is 396 g/mol. The van der Waals surface area contributed by atoms with E-state index in [-0.39, 0.29) is 24.2 Å². The second-order valence-corrected chi connectivity index (χ2v) is 7.42. The number of H-pyrrole nitrogens is 1. The van der Waals surface area contributed by atoms with E-state index in [0.29, 0.717) is 17.2 Å². The molecule has 0 saturated heterocycles. The number of anilines is 1. The molecule has 28 heavy (non-hydrogen) atoms. The zero-order valence-electron chi connectivity index (χ0n) is 15.0. The maximum absolute atomic E-state index is 13.6. The van der Waals surface area contributed by atoms with Gasteiger partial charge in [0, 0.05) is 45.7 Å². The largest absolute Gasteiger partial charge is 0.496 e. The molecule has 1 aliphatic rings. The molecule has 3 aromatic heterocycles. The molecular formula is C20H17FN4O2S. The third-order valence-electron chi connectivity index (χ3n) is 5.06. The van der Waals surface area contributed by atoms with E-state index in [2.05, 4.69) is 15.3 Å². The van der Waals surface area contributed by atoms with Crippen molar-refractivity contribution in [1.82, 2.24) is 13.9 Å². The predicted molar refractivity (Wildman–Crippen MR) is 109 cm³/mol. The highest BCUT2D eigenvalue weighted by Crippen LogP contribution is 2.40. The van der Waals surface area contributed by atoms with E-state index in [1.807, 2.05) is 30.5 Å². The Balaban J connectivity index is 1.64. The van der Waals surface area contributed by atoms with Gasteiger partial charge in [0.05, 0.1) is 7.11 Å². The number of nitrogens with zero attached hydrogens (tertiary/aromatic N) is 2. The molecule has 1 aliphatic carbocycles. The lowest BCUT2D eigenvalue weighted by atomic mass is 10.0. The normalized spacial score (nSPS) is 13.9. The first-order chi connectivity index (χ1) is 13.7. The van der Waals surface area contributed by atoms with E-state index in [0.717, 1.165) is 40.3 Å². The summed E-state index contributed by atoms with van der Waals surface area (Å²) in [6.45, 7) is 0. The number of benzene rings is 1. The molecule has 1 saturated carbocycles. The van der Waals surface area contributed by atoms with Crippen LogP contribution in [-0.4, -0.2) is 27.0 Å². The smallest absolute Gasteiger partial charge is 0.228 e. The van der Waals surface area contributed by atoms with Crippen molar-refractivity contribution in [1.29, 1.82) is 0 Å². The average Bonchev–Trinajstić information content (AvgIpc) is 3.36. The van der Waals surface area contributed by atoms with Gasteiger partial charge in [0.2, 0.25) is 5.91 Å². The highest BCUT2D eigenvalue weighted by atomic mass is 32.2. The monoisotopic (exact) mass is 396 g/mol. The summed E-state index contributed by atoms with van der Waals surface area (Å²) in [7, 11) is 1.62. The van der Waals surface area contributed by atoms with Crippen LogP contribution >= 0.6 is 12.3 Å². The van der Waals surface area contributed by atoms with Crippen LogP contribution < -0.4 is 10.1 Å². The summed E-state index contributed by atoms with van der Waals surface area (Å²) in [5.41, 5.74) is 3.06. The lowest BCUT2D eigenvalue weighted by molar-refractivity contribution is -0.117. The summed E-state index contributed by atoms with van der Waals surface area (Å²) in [6.07, 6.45) is 5.39. The Labute approximate surface area is 164 Å². The SMILES string of the molecule is COc1cc2cc[nH]c2cc1-c1cn(SF)c2nc(NC(=O)C3CC3)ccc12. The van der Waals surface area contributed by atoms with Crippen LogP contribution in [0.3, 0.4) is 0 Å². The minimum Gasteiger partial charge on any atom is -0.496 e. The van der Waals surface area contributed by atoms with Crippen LogP contribution in [0.5, 0.6) is 5.75 Å². The van der Waals surface area contributed by atoms with Crippen molar-refractivity contribution in [2.45, 2.75) is 12.8 Å². The number of fused-ring (bicyclic) bond motifs is 2. The quantitative estimate of drug-likeness (QED) is 0.502. The number of pyridine rings is 1. The number of halogens is 1. The van der Waals surface area contributed by atoms with E-state index in [9.17, 15) is 8.68 Å². The summed E-state index contributed by atoms with van der Waals surface area (Å²) in [5.74, 6) is 1.17. The summed E-state index contributed by atoms with van der Waals surface area (Å²) in [5, 5.41) is 4.63. The second-order valence-electron chi connectivity index (χ2n) is 6.89. The molecule has 1 amide bonds. The van der Waals surface area contributed by atoms with Crippen molar-refractivity contribution < 1.29 is 13.4 Å². The zero-order valence-corrected chi connectivity index (χ0v) is 15.8. The summed E-state index contributed by atoms with van der Waals surface area (Å²) >= 11 is 0.0716. The van der Waals surface area contributed by atoms with Crippen molar-refractivity contribution in [2.75, 3.05) is 12.4 Å². The Kier molecular flexibility index (Phi) is 4.01. The molecule has 142 valence electrons. The molecule has 0 aliphatic heterocycles. The van der Waals surface area contributed by atoms with Crippen molar-refractivity contribution in [3.63, 3.8) is 0 Å². The third kappa shape index (κ3) is 2.80. The summed E-state index contributed by atoms with van der Waals surface area (Å²) < 4.78 is 20.6. The number of aromatic amines is 1. The van der Waals surface area contributed by atoms with E-state index >= 15 is 0 Å². The molecule has 8 heteroatoms.